The Morgan fingerprint density at radius 2 is 2.24 bits per heavy atom. The van der Waals surface area contributed by atoms with Crippen LogP contribution in [-0.4, -0.2) is 26.0 Å². The van der Waals surface area contributed by atoms with Gasteiger partial charge in [-0.3, -0.25) is 14.9 Å². The first-order valence-corrected chi connectivity index (χ1v) is 6.27. The standard InChI is InChI=1S/C13H14N4O4/c1-9(2)16-13(14-8-15-16)7-21-12-5-10(6-18)3-4-11(12)17(19)20/h3-6,8-9H,7H2,1-2H3. The van der Waals surface area contributed by atoms with Crippen molar-refractivity contribution in [2.24, 2.45) is 0 Å². The van der Waals surface area contributed by atoms with Gasteiger partial charge in [0.25, 0.3) is 0 Å². The molecule has 21 heavy (non-hydrogen) atoms. The smallest absolute Gasteiger partial charge is 0.310 e. The fraction of sp³-hybridized carbons (Fsp3) is 0.308. The van der Waals surface area contributed by atoms with Crippen LogP contribution in [0.5, 0.6) is 5.75 Å². The molecular formula is C13H14N4O4. The Bertz CT molecular complexity index is 666. The van der Waals surface area contributed by atoms with Gasteiger partial charge in [0.05, 0.1) is 4.92 Å². The highest BCUT2D eigenvalue weighted by atomic mass is 16.6. The number of aromatic nitrogens is 3. The number of nitro groups is 1. The zero-order valence-corrected chi connectivity index (χ0v) is 11.6. The molecule has 1 aromatic carbocycles. The summed E-state index contributed by atoms with van der Waals surface area (Å²) in [6, 6.07) is 4.05. The second-order valence-corrected chi connectivity index (χ2v) is 4.61. The molecule has 0 atom stereocenters. The quantitative estimate of drug-likeness (QED) is 0.459. The molecule has 8 heteroatoms. The number of hydrogen-bond acceptors (Lipinski definition) is 6. The van der Waals surface area contributed by atoms with Gasteiger partial charge in [-0.2, -0.15) is 5.10 Å². The second kappa shape index (κ2) is 6.12. The zero-order chi connectivity index (χ0) is 15.4. The van der Waals surface area contributed by atoms with E-state index in [1.165, 1.54) is 24.5 Å². The number of ether oxygens (including phenoxy) is 1. The summed E-state index contributed by atoms with van der Waals surface area (Å²) in [5.41, 5.74) is 0.108. The molecule has 0 spiro atoms. The number of rotatable bonds is 6. The molecule has 0 aliphatic heterocycles. The lowest BCUT2D eigenvalue weighted by atomic mass is 10.2. The molecule has 0 amide bonds. The topological polar surface area (TPSA) is 100 Å². The van der Waals surface area contributed by atoms with Crippen LogP contribution in [0.2, 0.25) is 0 Å². The molecule has 0 unspecified atom stereocenters. The number of carbonyl (C=O) groups is 1. The van der Waals surface area contributed by atoms with Crippen molar-refractivity contribution in [1.29, 1.82) is 0 Å². The molecule has 0 radical (unpaired) electrons. The first-order chi connectivity index (χ1) is 10.0. The molecule has 110 valence electrons. The van der Waals surface area contributed by atoms with E-state index in [9.17, 15) is 14.9 Å². The lowest BCUT2D eigenvalue weighted by molar-refractivity contribution is -0.386. The molecule has 0 N–H and O–H groups in total. The summed E-state index contributed by atoms with van der Waals surface area (Å²) < 4.78 is 7.11. The van der Waals surface area contributed by atoms with Gasteiger partial charge >= 0.3 is 5.69 Å². The molecular weight excluding hydrogens is 276 g/mol. The van der Waals surface area contributed by atoms with E-state index in [1.54, 1.807) is 4.68 Å². The van der Waals surface area contributed by atoms with Crippen LogP contribution in [0, 0.1) is 10.1 Å². The third-order valence-electron chi connectivity index (χ3n) is 2.81. The van der Waals surface area contributed by atoms with E-state index in [2.05, 4.69) is 10.1 Å². The van der Waals surface area contributed by atoms with Crippen molar-refractivity contribution in [3.8, 4) is 5.75 Å². The first-order valence-electron chi connectivity index (χ1n) is 6.27. The molecule has 2 aromatic rings. The number of benzene rings is 1. The number of aldehydes is 1. The van der Waals surface area contributed by atoms with Crippen LogP contribution in [0.4, 0.5) is 5.69 Å². The number of nitro benzene ring substituents is 1. The first kappa shape index (κ1) is 14.6. The van der Waals surface area contributed by atoms with E-state index >= 15 is 0 Å². The van der Waals surface area contributed by atoms with Gasteiger partial charge in [0.2, 0.25) is 0 Å². The minimum atomic E-state index is -0.558. The predicted molar refractivity (Wildman–Crippen MR) is 73.2 cm³/mol. The summed E-state index contributed by atoms with van der Waals surface area (Å²) in [5.74, 6) is 0.582. The van der Waals surface area contributed by atoms with Crippen LogP contribution in [0.1, 0.15) is 36.1 Å². The Morgan fingerprint density at radius 3 is 2.86 bits per heavy atom. The highest BCUT2D eigenvalue weighted by molar-refractivity contribution is 5.76. The minimum Gasteiger partial charge on any atom is -0.479 e. The fourth-order valence-electron chi connectivity index (χ4n) is 1.82. The Balaban J connectivity index is 2.24. The van der Waals surface area contributed by atoms with Crippen LogP contribution < -0.4 is 4.74 Å². The molecule has 1 aromatic heterocycles. The van der Waals surface area contributed by atoms with Gasteiger partial charge in [-0.15, -0.1) is 0 Å². The van der Waals surface area contributed by atoms with Crippen LogP contribution in [0.3, 0.4) is 0 Å². The summed E-state index contributed by atoms with van der Waals surface area (Å²) in [5, 5.41) is 15.0. The Labute approximate surface area is 120 Å². The molecule has 0 saturated carbocycles. The van der Waals surface area contributed by atoms with Crippen LogP contribution in [0.25, 0.3) is 0 Å². The van der Waals surface area contributed by atoms with Crippen molar-refractivity contribution in [3.63, 3.8) is 0 Å². The molecule has 0 fully saturated rings. The predicted octanol–water partition coefficient (Wildman–Crippen LogP) is 2.16. The molecule has 0 aliphatic carbocycles. The number of nitrogens with zero attached hydrogens (tertiary/aromatic N) is 4. The van der Waals surface area contributed by atoms with Gasteiger partial charge < -0.3 is 4.74 Å². The number of carbonyl (C=O) groups excluding carboxylic acids is 1. The van der Waals surface area contributed by atoms with E-state index in [-0.39, 0.29) is 24.1 Å². The van der Waals surface area contributed by atoms with Crippen LogP contribution in [0.15, 0.2) is 24.5 Å². The second-order valence-electron chi connectivity index (χ2n) is 4.61. The van der Waals surface area contributed by atoms with Gasteiger partial charge in [0.15, 0.2) is 11.6 Å². The third kappa shape index (κ3) is 3.22. The molecule has 0 aliphatic rings. The number of hydrogen-bond donors (Lipinski definition) is 0. The average Bonchev–Trinajstić information content (AvgIpc) is 2.93. The lowest BCUT2D eigenvalue weighted by Crippen LogP contribution is -2.11. The van der Waals surface area contributed by atoms with E-state index in [1.807, 2.05) is 13.8 Å². The Morgan fingerprint density at radius 1 is 1.48 bits per heavy atom. The lowest BCUT2D eigenvalue weighted by Gasteiger charge is -2.10. The fourth-order valence-corrected chi connectivity index (χ4v) is 1.82. The van der Waals surface area contributed by atoms with E-state index in [4.69, 9.17) is 4.74 Å². The van der Waals surface area contributed by atoms with Crippen molar-refractivity contribution in [2.45, 2.75) is 26.5 Å². The van der Waals surface area contributed by atoms with Crippen molar-refractivity contribution in [3.05, 3.63) is 46.0 Å². The highest BCUT2D eigenvalue weighted by Crippen LogP contribution is 2.28. The van der Waals surface area contributed by atoms with Crippen molar-refractivity contribution in [2.75, 3.05) is 0 Å². The summed E-state index contributed by atoms with van der Waals surface area (Å²) in [6.07, 6.45) is 2.00. The van der Waals surface area contributed by atoms with Crippen molar-refractivity contribution >= 4 is 12.0 Å². The summed E-state index contributed by atoms with van der Waals surface area (Å²) in [6.45, 7) is 3.91. The molecule has 0 saturated heterocycles. The monoisotopic (exact) mass is 290 g/mol. The maximum atomic E-state index is 11.0. The van der Waals surface area contributed by atoms with Crippen molar-refractivity contribution in [1.82, 2.24) is 14.8 Å². The van der Waals surface area contributed by atoms with Crippen LogP contribution in [-0.2, 0) is 6.61 Å². The Kier molecular flexibility index (Phi) is 4.27. The largest absolute Gasteiger partial charge is 0.479 e. The highest BCUT2D eigenvalue weighted by Gasteiger charge is 2.17. The van der Waals surface area contributed by atoms with E-state index in [0.717, 1.165) is 0 Å². The van der Waals surface area contributed by atoms with Gasteiger partial charge in [-0.1, -0.05) is 0 Å². The van der Waals surface area contributed by atoms with E-state index < -0.39 is 4.92 Å². The normalized spacial score (nSPS) is 10.6. The van der Waals surface area contributed by atoms with Crippen molar-refractivity contribution < 1.29 is 14.5 Å². The average molecular weight is 290 g/mol. The van der Waals surface area contributed by atoms with Gasteiger partial charge in [0.1, 0.15) is 19.2 Å². The summed E-state index contributed by atoms with van der Waals surface area (Å²) in [7, 11) is 0. The van der Waals surface area contributed by atoms with Gasteiger partial charge in [-0.05, 0) is 26.0 Å². The molecule has 1 heterocycles. The maximum absolute atomic E-state index is 11.0. The zero-order valence-electron chi connectivity index (χ0n) is 11.6. The van der Waals surface area contributed by atoms with E-state index in [0.29, 0.717) is 17.7 Å². The summed E-state index contributed by atoms with van der Waals surface area (Å²) >= 11 is 0. The maximum Gasteiger partial charge on any atom is 0.310 e. The van der Waals surface area contributed by atoms with Crippen LogP contribution >= 0.6 is 0 Å². The van der Waals surface area contributed by atoms with Gasteiger partial charge in [-0.25, -0.2) is 9.67 Å². The third-order valence-corrected chi connectivity index (χ3v) is 2.81. The molecule has 8 nitrogen and oxygen atoms in total. The van der Waals surface area contributed by atoms with Gasteiger partial charge in [0, 0.05) is 17.7 Å². The molecule has 0 bridgehead atoms. The SMILES string of the molecule is CC(C)n1ncnc1COc1cc(C=O)ccc1[N+](=O)[O-]. The Hall–Kier alpha value is -2.77. The molecule has 2 rings (SSSR count). The summed E-state index contributed by atoms with van der Waals surface area (Å²) in [4.78, 5) is 25.2. The minimum absolute atomic E-state index is 0.0291.